The van der Waals surface area contributed by atoms with Crippen LogP contribution in [0, 0.1) is 12.3 Å². The Morgan fingerprint density at radius 1 is 0.887 bits per heavy atom. The second kappa shape index (κ2) is 24.0. The minimum atomic E-state index is -4.83. The third kappa shape index (κ3) is 14.5. The van der Waals surface area contributed by atoms with Crippen molar-refractivity contribution in [1.82, 2.24) is 30.3 Å². The van der Waals surface area contributed by atoms with E-state index in [4.69, 9.17) is 25.8 Å². The Kier molecular flexibility index (Phi) is 18.6. The van der Waals surface area contributed by atoms with E-state index in [1.165, 1.54) is 30.1 Å². The number of rotatable bonds is 22. The van der Waals surface area contributed by atoms with Crippen LogP contribution in [-0.2, 0) is 45.0 Å². The number of β-amino-alcohol motifs (C(OH)–C–C–N with tert-alkyl or cyclic N) is 1. The maximum atomic E-state index is 14.0. The fourth-order valence-electron chi connectivity index (χ4n) is 8.24. The molecular weight excluding hydrogens is 978 g/mol. The Morgan fingerprint density at radius 2 is 1.56 bits per heavy atom. The fourth-order valence-corrected chi connectivity index (χ4v) is 9.27. The topological polar surface area (TPSA) is 160 Å². The summed E-state index contributed by atoms with van der Waals surface area (Å²) >= 11 is 7.42. The predicted molar refractivity (Wildman–Crippen MR) is 258 cm³/mol. The van der Waals surface area contributed by atoms with Crippen LogP contribution in [0.15, 0.2) is 66.2 Å². The molecule has 2 amide bonds. The summed E-state index contributed by atoms with van der Waals surface area (Å²) in [6.07, 6.45) is -7.87. The SMILES string of the molecule is Cc1ncsc1-c1ccc(CNC(=O)[C@@H]2C[C@@H](O)CN2C(=O)C(NCCCOCCOCCCCCOc2ccc(-c3cc(C(F)(F)F)nn3C)c(O)c2-c2ccc(Cl)c(C(F)(F)F)c2)C(C)(C)C)cc1. The minimum Gasteiger partial charge on any atom is -0.506 e. The Hall–Kier alpha value is -5.25. The van der Waals surface area contributed by atoms with Gasteiger partial charge in [-0.3, -0.25) is 14.3 Å². The van der Waals surface area contributed by atoms with Crippen LogP contribution in [0.5, 0.6) is 11.5 Å². The van der Waals surface area contributed by atoms with E-state index < -0.39 is 58.0 Å². The van der Waals surface area contributed by atoms with Gasteiger partial charge in [0.25, 0.3) is 0 Å². The number of aromatic hydroxyl groups is 1. The molecular formula is C50H59ClF6N6O7S. The third-order valence-corrected chi connectivity index (χ3v) is 13.2. The Balaban J connectivity index is 0.903. The van der Waals surface area contributed by atoms with Gasteiger partial charge in [0.1, 0.15) is 17.5 Å². The molecule has 1 aliphatic heterocycles. The second-order valence-electron chi connectivity index (χ2n) is 18.4. The molecule has 3 atom stereocenters. The van der Waals surface area contributed by atoms with Gasteiger partial charge < -0.3 is 40.0 Å². The van der Waals surface area contributed by atoms with Crippen molar-refractivity contribution in [2.45, 2.75) is 96.9 Å². The summed E-state index contributed by atoms with van der Waals surface area (Å²) < 4.78 is 100. The van der Waals surface area contributed by atoms with Crippen LogP contribution in [-0.4, -0.2) is 106 Å². The first-order valence-corrected chi connectivity index (χ1v) is 24.4. The minimum absolute atomic E-state index is 0.0148. The summed E-state index contributed by atoms with van der Waals surface area (Å²) in [6, 6.07) is 12.9. The summed E-state index contributed by atoms with van der Waals surface area (Å²) in [4.78, 5) is 34.3. The van der Waals surface area contributed by atoms with E-state index >= 15 is 0 Å². The van der Waals surface area contributed by atoms with Crippen LogP contribution in [0.1, 0.15) is 75.4 Å². The average Bonchev–Trinajstić information content (AvgIpc) is 4.04. The van der Waals surface area contributed by atoms with Crippen LogP contribution >= 0.6 is 22.9 Å². The highest BCUT2D eigenvalue weighted by molar-refractivity contribution is 7.13. The van der Waals surface area contributed by atoms with Gasteiger partial charge in [0.2, 0.25) is 11.8 Å². The molecule has 1 saturated heterocycles. The number of phenols is 1. The van der Waals surface area contributed by atoms with Crippen molar-refractivity contribution in [1.29, 1.82) is 0 Å². The van der Waals surface area contributed by atoms with E-state index in [9.17, 15) is 46.1 Å². The van der Waals surface area contributed by atoms with Crippen molar-refractivity contribution in [3.63, 3.8) is 0 Å². The lowest BCUT2D eigenvalue weighted by molar-refractivity contribution is -0.142. The van der Waals surface area contributed by atoms with Crippen molar-refractivity contribution < 1.29 is 60.4 Å². The lowest BCUT2D eigenvalue weighted by atomic mass is 9.85. The molecule has 0 saturated carbocycles. The van der Waals surface area contributed by atoms with Gasteiger partial charge in [0.05, 0.1) is 69.9 Å². The third-order valence-electron chi connectivity index (χ3n) is 11.9. The summed E-state index contributed by atoms with van der Waals surface area (Å²) in [5.41, 5.74) is 1.35. The van der Waals surface area contributed by atoms with Crippen molar-refractivity contribution in [3.05, 3.63) is 93.7 Å². The van der Waals surface area contributed by atoms with E-state index in [0.29, 0.717) is 58.7 Å². The Labute approximate surface area is 417 Å². The fraction of sp³-hybridized carbons (Fsp3) is 0.480. The number of carbonyl (C=O) groups is 2. The molecule has 4 N–H and O–H groups in total. The van der Waals surface area contributed by atoms with Crippen molar-refractivity contribution in [2.75, 3.05) is 46.1 Å². The van der Waals surface area contributed by atoms with Gasteiger partial charge in [0, 0.05) is 45.3 Å². The molecule has 71 heavy (non-hydrogen) atoms. The highest BCUT2D eigenvalue weighted by Gasteiger charge is 2.44. The smallest absolute Gasteiger partial charge is 0.435 e. The zero-order valence-corrected chi connectivity index (χ0v) is 41.6. The number of nitrogens with one attached hydrogen (secondary N) is 2. The number of hydrogen-bond acceptors (Lipinski definition) is 11. The molecule has 21 heteroatoms. The van der Waals surface area contributed by atoms with Crippen LogP contribution in [0.2, 0.25) is 5.02 Å². The molecule has 3 aromatic carbocycles. The molecule has 1 fully saturated rings. The molecule has 0 bridgehead atoms. The number of likely N-dealkylation sites (tertiary alicyclic amines) is 1. The number of halogens is 7. The summed E-state index contributed by atoms with van der Waals surface area (Å²) in [5, 5.41) is 31.2. The van der Waals surface area contributed by atoms with Gasteiger partial charge in [0.15, 0.2) is 5.69 Å². The van der Waals surface area contributed by atoms with Crippen LogP contribution in [0.4, 0.5) is 26.3 Å². The number of nitrogens with zero attached hydrogens (tertiary/aromatic N) is 4. The number of alkyl halides is 6. The molecule has 0 spiro atoms. The van der Waals surface area contributed by atoms with Crippen LogP contribution < -0.4 is 15.4 Å². The van der Waals surface area contributed by atoms with Crippen LogP contribution in [0.25, 0.3) is 32.8 Å². The number of ether oxygens (including phenoxy) is 3. The first kappa shape index (κ1) is 55.1. The lowest BCUT2D eigenvalue weighted by Gasteiger charge is -2.35. The number of aliphatic hydroxyl groups excluding tert-OH is 1. The second-order valence-corrected chi connectivity index (χ2v) is 19.6. The largest absolute Gasteiger partial charge is 0.506 e. The van der Waals surface area contributed by atoms with E-state index in [-0.39, 0.29) is 66.1 Å². The normalized spacial score (nSPS) is 15.9. The standard InChI is InChI=1S/C50H59ClF6N6O7S/c1-30-44(71-29-60-30)32-12-10-31(11-13-32)27-59-46(66)39-25-34(64)28-63(39)47(67)45(48(2,3)4)58-18-9-20-69-23-22-68-19-7-6-8-21-70-40-17-15-35(38-26-41(50(55,56)57)61-62(38)5)43(65)42(40)33-14-16-37(51)36(24-33)49(52,53)54/h10-17,24,26,29,34,39,45,58,64-65H,6-9,18-23,25,27-28H2,1-5H3,(H,59,66)/t34-,39+,45?/m1/s1. The highest BCUT2D eigenvalue weighted by Crippen LogP contribution is 2.47. The quantitative estimate of drug-likeness (QED) is 0.0388. The van der Waals surface area contributed by atoms with Crippen molar-refractivity contribution >= 4 is 34.8 Å². The molecule has 3 heterocycles. The van der Waals surface area contributed by atoms with Gasteiger partial charge in [-0.15, -0.1) is 11.3 Å². The Bertz CT molecular complexity index is 2580. The number of hydrogen-bond donors (Lipinski definition) is 4. The highest BCUT2D eigenvalue weighted by atomic mass is 35.5. The number of aliphatic hydroxyl groups is 1. The molecule has 1 unspecified atom stereocenters. The number of carbonyl (C=O) groups excluding carboxylic acids is 2. The van der Waals surface area contributed by atoms with Gasteiger partial charge in [-0.2, -0.15) is 31.4 Å². The molecule has 0 aliphatic carbocycles. The van der Waals surface area contributed by atoms with Gasteiger partial charge in [-0.05, 0) is 91.6 Å². The first-order valence-electron chi connectivity index (χ1n) is 23.2. The van der Waals surface area contributed by atoms with E-state index in [1.807, 2.05) is 52.0 Å². The average molecular weight is 1040 g/mol. The number of thiazole rings is 1. The summed E-state index contributed by atoms with van der Waals surface area (Å²) in [5.74, 6) is -1.16. The molecule has 13 nitrogen and oxygen atoms in total. The number of phenolic OH excluding ortho intramolecular Hbond substituents is 1. The number of amides is 2. The van der Waals surface area contributed by atoms with Crippen molar-refractivity contribution in [2.24, 2.45) is 12.5 Å². The molecule has 0 radical (unpaired) electrons. The molecule has 386 valence electrons. The monoisotopic (exact) mass is 1040 g/mol. The van der Waals surface area contributed by atoms with Gasteiger partial charge in [-0.1, -0.05) is 62.7 Å². The van der Waals surface area contributed by atoms with Gasteiger partial charge in [-0.25, -0.2) is 4.98 Å². The number of aromatic nitrogens is 3. The molecule has 1 aliphatic rings. The number of unbranched alkanes of at least 4 members (excludes halogenated alkanes) is 2. The zero-order chi connectivity index (χ0) is 51.7. The van der Waals surface area contributed by atoms with E-state index in [1.54, 1.807) is 16.8 Å². The van der Waals surface area contributed by atoms with Crippen LogP contribution in [0.3, 0.4) is 0 Å². The molecule has 2 aromatic heterocycles. The summed E-state index contributed by atoms with van der Waals surface area (Å²) in [6.45, 7) is 10.2. The molecule has 6 rings (SSSR count). The zero-order valence-electron chi connectivity index (χ0n) is 40.1. The number of benzene rings is 3. The molecule has 5 aromatic rings. The lowest BCUT2D eigenvalue weighted by Crippen LogP contribution is -2.56. The van der Waals surface area contributed by atoms with E-state index in [2.05, 4.69) is 20.7 Å². The van der Waals surface area contributed by atoms with Crippen molar-refractivity contribution in [3.8, 4) is 44.3 Å². The van der Waals surface area contributed by atoms with Gasteiger partial charge >= 0.3 is 12.4 Å². The Morgan fingerprint density at radius 3 is 2.20 bits per heavy atom. The van der Waals surface area contributed by atoms with E-state index in [0.717, 1.165) is 44.6 Å². The first-order chi connectivity index (χ1) is 33.5. The predicted octanol–water partition coefficient (Wildman–Crippen LogP) is 9.84. The summed E-state index contributed by atoms with van der Waals surface area (Å²) in [7, 11) is 1.25. The maximum absolute atomic E-state index is 14.0. The number of aryl methyl sites for hydroxylation is 2. The maximum Gasteiger partial charge on any atom is 0.435 e.